The minimum absolute atomic E-state index is 0.0327. The first-order valence-electron chi connectivity index (χ1n) is 8.73. The quantitative estimate of drug-likeness (QED) is 0.603. The summed E-state index contributed by atoms with van der Waals surface area (Å²) in [5.74, 6) is 0.457. The number of imidazole rings is 1. The summed E-state index contributed by atoms with van der Waals surface area (Å²) >= 11 is 0. The summed E-state index contributed by atoms with van der Waals surface area (Å²) in [7, 11) is 0. The van der Waals surface area contributed by atoms with E-state index in [9.17, 15) is 9.59 Å². The molecule has 0 fully saturated rings. The van der Waals surface area contributed by atoms with Gasteiger partial charge in [0.15, 0.2) is 0 Å². The first-order chi connectivity index (χ1) is 13.0. The van der Waals surface area contributed by atoms with Crippen LogP contribution in [0.4, 0.5) is 0 Å². The Balaban J connectivity index is 1.53. The maximum atomic E-state index is 12.6. The molecule has 3 aromatic heterocycles. The molecule has 0 radical (unpaired) electrons. The summed E-state index contributed by atoms with van der Waals surface area (Å²) in [6, 6.07) is 11.5. The zero-order chi connectivity index (χ0) is 19.0. The molecule has 7 nitrogen and oxygen atoms in total. The molecular weight excluding hydrogens is 342 g/mol. The fourth-order valence-corrected chi connectivity index (χ4v) is 3.19. The molecular formula is C20H19N5O2. The number of benzene rings is 1. The van der Waals surface area contributed by atoms with Gasteiger partial charge in [-0.05, 0) is 37.6 Å². The van der Waals surface area contributed by atoms with E-state index in [2.05, 4.69) is 15.3 Å². The van der Waals surface area contributed by atoms with Crippen molar-refractivity contribution in [1.82, 2.24) is 24.3 Å². The SMILES string of the molecule is Cc1ccc2ncc(C(=O)NCCn3c(C)nc4ccccc43)c(=O)n2c1. The molecule has 27 heavy (non-hydrogen) atoms. The summed E-state index contributed by atoms with van der Waals surface area (Å²) in [5.41, 5.74) is 3.05. The topological polar surface area (TPSA) is 81.3 Å². The second-order valence-corrected chi connectivity index (χ2v) is 6.47. The Morgan fingerprint density at radius 2 is 1.96 bits per heavy atom. The number of nitrogens with one attached hydrogen (secondary N) is 1. The van der Waals surface area contributed by atoms with Crippen LogP contribution in [0.15, 0.2) is 53.6 Å². The van der Waals surface area contributed by atoms with Crippen LogP contribution in [0.5, 0.6) is 0 Å². The molecule has 0 saturated carbocycles. The second-order valence-electron chi connectivity index (χ2n) is 6.47. The van der Waals surface area contributed by atoms with Crippen molar-refractivity contribution >= 4 is 22.6 Å². The fourth-order valence-electron chi connectivity index (χ4n) is 3.19. The van der Waals surface area contributed by atoms with Crippen LogP contribution in [0.3, 0.4) is 0 Å². The van der Waals surface area contributed by atoms with E-state index in [4.69, 9.17) is 0 Å². The van der Waals surface area contributed by atoms with Crippen molar-refractivity contribution in [2.75, 3.05) is 6.54 Å². The number of aryl methyl sites for hydroxylation is 2. The third kappa shape index (κ3) is 3.08. The van der Waals surface area contributed by atoms with E-state index in [1.165, 1.54) is 10.6 Å². The van der Waals surface area contributed by atoms with Crippen LogP contribution in [-0.4, -0.2) is 31.4 Å². The lowest BCUT2D eigenvalue weighted by Crippen LogP contribution is -2.33. The lowest BCUT2D eigenvalue weighted by molar-refractivity contribution is 0.0950. The molecule has 1 aromatic carbocycles. The Hall–Kier alpha value is -3.48. The van der Waals surface area contributed by atoms with Crippen LogP contribution in [0, 0.1) is 13.8 Å². The van der Waals surface area contributed by atoms with E-state index >= 15 is 0 Å². The van der Waals surface area contributed by atoms with E-state index in [0.29, 0.717) is 18.7 Å². The Morgan fingerprint density at radius 3 is 2.81 bits per heavy atom. The van der Waals surface area contributed by atoms with Crippen molar-refractivity contribution in [3.8, 4) is 0 Å². The van der Waals surface area contributed by atoms with Gasteiger partial charge in [-0.25, -0.2) is 9.97 Å². The molecule has 0 spiro atoms. The molecule has 7 heteroatoms. The molecule has 4 rings (SSSR count). The smallest absolute Gasteiger partial charge is 0.270 e. The summed E-state index contributed by atoms with van der Waals surface area (Å²) in [5, 5.41) is 2.81. The van der Waals surface area contributed by atoms with E-state index < -0.39 is 5.91 Å². The van der Waals surface area contributed by atoms with Gasteiger partial charge in [-0.2, -0.15) is 0 Å². The highest BCUT2D eigenvalue weighted by molar-refractivity contribution is 5.93. The second kappa shape index (κ2) is 6.68. The van der Waals surface area contributed by atoms with E-state index in [-0.39, 0.29) is 11.1 Å². The molecule has 0 bridgehead atoms. The average Bonchev–Trinajstić information content (AvgIpc) is 2.98. The van der Waals surface area contributed by atoms with Crippen molar-refractivity contribution in [1.29, 1.82) is 0 Å². The molecule has 1 N–H and O–H groups in total. The maximum absolute atomic E-state index is 12.6. The highest BCUT2D eigenvalue weighted by Crippen LogP contribution is 2.14. The van der Waals surface area contributed by atoms with Gasteiger partial charge in [-0.15, -0.1) is 0 Å². The summed E-state index contributed by atoms with van der Waals surface area (Å²) < 4.78 is 3.45. The van der Waals surface area contributed by atoms with Crippen LogP contribution in [0.1, 0.15) is 21.7 Å². The van der Waals surface area contributed by atoms with Gasteiger partial charge in [0.1, 0.15) is 17.0 Å². The highest BCUT2D eigenvalue weighted by atomic mass is 16.2. The van der Waals surface area contributed by atoms with Gasteiger partial charge in [0.05, 0.1) is 11.0 Å². The molecule has 0 unspecified atom stereocenters. The number of carbonyl (C=O) groups excluding carboxylic acids is 1. The summed E-state index contributed by atoms with van der Waals surface area (Å²) in [6.45, 7) is 4.77. The lowest BCUT2D eigenvalue weighted by atomic mass is 10.2. The first-order valence-corrected chi connectivity index (χ1v) is 8.73. The van der Waals surface area contributed by atoms with E-state index in [1.54, 1.807) is 12.3 Å². The number of fused-ring (bicyclic) bond motifs is 2. The lowest BCUT2D eigenvalue weighted by Gasteiger charge is -2.09. The zero-order valence-electron chi connectivity index (χ0n) is 15.1. The number of amides is 1. The van der Waals surface area contributed by atoms with Crippen LogP contribution in [0.25, 0.3) is 16.7 Å². The number of rotatable bonds is 4. The van der Waals surface area contributed by atoms with Gasteiger partial charge < -0.3 is 9.88 Å². The van der Waals surface area contributed by atoms with Gasteiger partial charge in [-0.1, -0.05) is 18.2 Å². The number of para-hydroxylation sites is 2. The number of aromatic nitrogens is 4. The molecule has 4 aromatic rings. The van der Waals surface area contributed by atoms with Crippen LogP contribution >= 0.6 is 0 Å². The number of pyridine rings is 1. The average molecular weight is 361 g/mol. The van der Waals surface area contributed by atoms with Gasteiger partial charge >= 0.3 is 0 Å². The highest BCUT2D eigenvalue weighted by Gasteiger charge is 2.13. The van der Waals surface area contributed by atoms with Crippen LogP contribution in [0.2, 0.25) is 0 Å². The number of nitrogens with zero attached hydrogens (tertiary/aromatic N) is 4. The van der Waals surface area contributed by atoms with Gasteiger partial charge in [-0.3, -0.25) is 14.0 Å². The Morgan fingerprint density at radius 1 is 1.15 bits per heavy atom. The number of carbonyl (C=O) groups is 1. The fraction of sp³-hybridized carbons (Fsp3) is 0.200. The van der Waals surface area contributed by atoms with Crippen molar-refractivity contribution in [3.63, 3.8) is 0 Å². The van der Waals surface area contributed by atoms with E-state index in [0.717, 1.165) is 22.4 Å². The molecule has 0 atom stereocenters. The van der Waals surface area contributed by atoms with E-state index in [1.807, 2.05) is 48.7 Å². The molecule has 1 amide bonds. The molecule has 136 valence electrons. The number of hydrogen-bond donors (Lipinski definition) is 1. The van der Waals surface area contributed by atoms with Crippen LogP contribution < -0.4 is 10.9 Å². The minimum atomic E-state index is -0.425. The Labute approximate surface area is 155 Å². The first kappa shape index (κ1) is 17.0. The third-order valence-electron chi connectivity index (χ3n) is 4.56. The Bertz CT molecular complexity index is 1220. The van der Waals surface area contributed by atoms with Crippen molar-refractivity contribution in [2.24, 2.45) is 0 Å². The molecule has 0 aliphatic rings. The molecule has 0 aliphatic heterocycles. The monoisotopic (exact) mass is 361 g/mol. The number of hydrogen-bond acceptors (Lipinski definition) is 4. The maximum Gasteiger partial charge on any atom is 0.270 e. The van der Waals surface area contributed by atoms with Crippen LogP contribution in [-0.2, 0) is 6.54 Å². The third-order valence-corrected chi connectivity index (χ3v) is 4.56. The largest absolute Gasteiger partial charge is 0.350 e. The standard InChI is InChI=1S/C20H19N5O2/c1-13-7-8-18-22-11-15(20(27)25(18)12-13)19(26)21-9-10-24-14(2)23-16-5-3-4-6-17(16)24/h3-8,11-12H,9-10H2,1-2H3,(H,21,26). The summed E-state index contributed by atoms with van der Waals surface area (Å²) in [6.07, 6.45) is 3.02. The van der Waals surface area contributed by atoms with Gasteiger partial charge in [0, 0.05) is 25.5 Å². The van der Waals surface area contributed by atoms with Gasteiger partial charge in [0.2, 0.25) is 0 Å². The summed E-state index contributed by atoms with van der Waals surface area (Å²) in [4.78, 5) is 33.8. The molecule has 0 saturated heterocycles. The normalized spacial score (nSPS) is 11.2. The minimum Gasteiger partial charge on any atom is -0.350 e. The van der Waals surface area contributed by atoms with Crippen molar-refractivity contribution < 1.29 is 4.79 Å². The molecule has 3 heterocycles. The Kier molecular flexibility index (Phi) is 4.19. The van der Waals surface area contributed by atoms with Crippen molar-refractivity contribution in [2.45, 2.75) is 20.4 Å². The molecule has 0 aliphatic carbocycles. The zero-order valence-corrected chi connectivity index (χ0v) is 15.1. The van der Waals surface area contributed by atoms with Gasteiger partial charge in [0.25, 0.3) is 11.5 Å². The van der Waals surface area contributed by atoms with Crippen molar-refractivity contribution in [3.05, 3.63) is 76.1 Å². The predicted molar refractivity (Wildman–Crippen MR) is 103 cm³/mol. The predicted octanol–water partition coefficient (Wildman–Crippen LogP) is 2.09.